The van der Waals surface area contributed by atoms with Gasteiger partial charge in [-0.2, -0.15) is 4.98 Å². The van der Waals surface area contributed by atoms with Gasteiger partial charge in [0.2, 0.25) is 17.6 Å². The number of hydrogen-bond donors (Lipinski definition) is 0. The first-order valence-electron chi connectivity index (χ1n) is 8.68. The molecule has 1 saturated heterocycles. The van der Waals surface area contributed by atoms with Gasteiger partial charge in [-0.1, -0.05) is 5.16 Å². The molecule has 0 unspecified atom stereocenters. The third-order valence-corrected chi connectivity index (χ3v) is 4.76. The number of tetrazole rings is 1. The molecular weight excluding hydrogens is 353 g/mol. The molecule has 27 heavy (non-hydrogen) atoms. The molecule has 0 aliphatic carbocycles. The molecule has 0 saturated carbocycles. The Labute approximate surface area is 154 Å². The summed E-state index contributed by atoms with van der Waals surface area (Å²) in [6, 6.07) is 5.96. The second-order valence-corrected chi connectivity index (χ2v) is 6.51. The molecular formula is C17H18FN7O2. The van der Waals surface area contributed by atoms with Crippen molar-refractivity contribution in [2.75, 3.05) is 13.1 Å². The molecule has 1 aliphatic rings. The van der Waals surface area contributed by atoms with Crippen LogP contribution in [0.5, 0.6) is 0 Å². The molecule has 1 fully saturated rings. The van der Waals surface area contributed by atoms with Crippen LogP contribution in [0.25, 0.3) is 11.4 Å². The van der Waals surface area contributed by atoms with Crippen LogP contribution in [0.15, 0.2) is 28.8 Å². The van der Waals surface area contributed by atoms with Gasteiger partial charge in [-0.15, -0.1) is 5.10 Å². The largest absolute Gasteiger partial charge is 0.342 e. The van der Waals surface area contributed by atoms with Crippen LogP contribution in [0.1, 0.15) is 30.5 Å². The summed E-state index contributed by atoms with van der Waals surface area (Å²) in [5, 5.41) is 15.1. The van der Waals surface area contributed by atoms with E-state index in [4.69, 9.17) is 4.52 Å². The molecule has 0 spiro atoms. The highest BCUT2D eigenvalue weighted by atomic mass is 19.1. The van der Waals surface area contributed by atoms with E-state index >= 15 is 0 Å². The number of piperidine rings is 1. The van der Waals surface area contributed by atoms with E-state index in [1.807, 2.05) is 4.90 Å². The summed E-state index contributed by atoms with van der Waals surface area (Å²) in [7, 11) is 1.71. The van der Waals surface area contributed by atoms with E-state index in [1.54, 1.807) is 19.2 Å². The number of carbonyl (C=O) groups is 1. The molecule has 2 aromatic heterocycles. The van der Waals surface area contributed by atoms with Crippen molar-refractivity contribution in [3.8, 4) is 11.4 Å². The van der Waals surface area contributed by atoms with Gasteiger partial charge in [0.1, 0.15) is 5.82 Å². The van der Waals surface area contributed by atoms with Crippen molar-refractivity contribution in [2.24, 2.45) is 7.05 Å². The SMILES string of the molecule is Cn1nnnc1CC(=O)N1CCC(c2nc(-c3ccc(F)cc3)no2)CC1. The maximum atomic E-state index is 13.0. The number of amides is 1. The zero-order chi connectivity index (χ0) is 18.8. The van der Waals surface area contributed by atoms with Crippen LogP contribution < -0.4 is 0 Å². The summed E-state index contributed by atoms with van der Waals surface area (Å²) in [5.74, 6) is 1.34. The van der Waals surface area contributed by atoms with Gasteiger partial charge in [0.15, 0.2) is 5.82 Å². The zero-order valence-electron chi connectivity index (χ0n) is 14.7. The van der Waals surface area contributed by atoms with Gasteiger partial charge in [-0.05, 0) is 47.5 Å². The Kier molecular flexibility index (Phi) is 4.61. The fourth-order valence-electron chi connectivity index (χ4n) is 3.14. The minimum atomic E-state index is -0.309. The van der Waals surface area contributed by atoms with E-state index in [-0.39, 0.29) is 24.1 Å². The van der Waals surface area contributed by atoms with E-state index in [1.165, 1.54) is 16.8 Å². The zero-order valence-corrected chi connectivity index (χ0v) is 14.7. The van der Waals surface area contributed by atoms with Crippen LogP contribution in [0, 0.1) is 5.82 Å². The number of hydrogen-bond acceptors (Lipinski definition) is 7. The summed E-state index contributed by atoms with van der Waals surface area (Å²) < 4.78 is 19.9. The smallest absolute Gasteiger partial charge is 0.230 e. The second kappa shape index (κ2) is 7.22. The van der Waals surface area contributed by atoms with Crippen LogP contribution in [-0.4, -0.2) is 54.2 Å². The lowest BCUT2D eigenvalue weighted by Gasteiger charge is -2.30. The first-order chi connectivity index (χ1) is 13.1. The van der Waals surface area contributed by atoms with Crippen LogP contribution in [0.3, 0.4) is 0 Å². The third-order valence-electron chi connectivity index (χ3n) is 4.76. The molecule has 1 aliphatic heterocycles. The first-order valence-corrected chi connectivity index (χ1v) is 8.68. The Morgan fingerprint density at radius 1 is 1.26 bits per heavy atom. The fourth-order valence-corrected chi connectivity index (χ4v) is 3.14. The van der Waals surface area contributed by atoms with Crippen molar-refractivity contribution in [1.29, 1.82) is 0 Å². The average Bonchev–Trinajstić information content (AvgIpc) is 3.32. The monoisotopic (exact) mass is 371 g/mol. The highest BCUT2D eigenvalue weighted by Gasteiger charge is 2.28. The first kappa shape index (κ1) is 17.3. The van der Waals surface area contributed by atoms with Crippen molar-refractivity contribution < 1.29 is 13.7 Å². The van der Waals surface area contributed by atoms with Gasteiger partial charge < -0.3 is 9.42 Å². The van der Waals surface area contributed by atoms with Gasteiger partial charge in [0.05, 0.1) is 6.42 Å². The highest BCUT2D eigenvalue weighted by molar-refractivity contribution is 5.78. The molecule has 10 heteroatoms. The molecule has 1 aromatic carbocycles. The van der Waals surface area contributed by atoms with E-state index in [0.29, 0.717) is 36.2 Å². The molecule has 1 amide bonds. The van der Waals surface area contributed by atoms with E-state index in [0.717, 1.165) is 12.8 Å². The van der Waals surface area contributed by atoms with Crippen molar-refractivity contribution in [3.05, 3.63) is 41.8 Å². The van der Waals surface area contributed by atoms with E-state index in [9.17, 15) is 9.18 Å². The van der Waals surface area contributed by atoms with Gasteiger partial charge in [-0.25, -0.2) is 9.07 Å². The number of carbonyl (C=O) groups excluding carboxylic acids is 1. The molecule has 9 nitrogen and oxygen atoms in total. The standard InChI is InChI=1S/C17H18FN7O2/c1-24-14(20-22-23-24)10-15(26)25-8-6-12(7-9-25)17-19-16(21-27-17)11-2-4-13(18)5-3-11/h2-5,12H,6-10H2,1H3. The van der Waals surface area contributed by atoms with E-state index in [2.05, 4.69) is 25.7 Å². The maximum absolute atomic E-state index is 13.0. The number of likely N-dealkylation sites (tertiary alicyclic amines) is 1. The Bertz CT molecular complexity index is 929. The number of aromatic nitrogens is 6. The van der Waals surface area contributed by atoms with Crippen molar-refractivity contribution in [2.45, 2.75) is 25.2 Å². The predicted octanol–water partition coefficient (Wildman–Crippen LogP) is 1.35. The van der Waals surface area contributed by atoms with Gasteiger partial charge in [-0.3, -0.25) is 4.79 Å². The Morgan fingerprint density at radius 3 is 2.67 bits per heavy atom. The summed E-state index contributed by atoms with van der Waals surface area (Å²) in [6.07, 6.45) is 1.67. The predicted molar refractivity (Wildman–Crippen MR) is 90.7 cm³/mol. The molecule has 140 valence electrons. The van der Waals surface area contributed by atoms with E-state index < -0.39 is 0 Å². The Morgan fingerprint density at radius 2 is 2.00 bits per heavy atom. The minimum absolute atomic E-state index is 0.00359. The molecule has 3 heterocycles. The number of aryl methyl sites for hydroxylation is 1. The van der Waals surface area contributed by atoms with Crippen LogP contribution in [0.2, 0.25) is 0 Å². The van der Waals surface area contributed by atoms with Crippen molar-refractivity contribution >= 4 is 5.91 Å². The normalized spacial score (nSPS) is 15.3. The van der Waals surface area contributed by atoms with Gasteiger partial charge >= 0.3 is 0 Å². The number of rotatable bonds is 4. The lowest BCUT2D eigenvalue weighted by molar-refractivity contribution is -0.131. The molecule has 0 atom stereocenters. The number of halogens is 1. The number of nitrogens with zero attached hydrogens (tertiary/aromatic N) is 7. The minimum Gasteiger partial charge on any atom is -0.342 e. The fraction of sp³-hybridized carbons (Fsp3) is 0.412. The lowest BCUT2D eigenvalue weighted by atomic mass is 9.96. The Balaban J connectivity index is 1.36. The van der Waals surface area contributed by atoms with Crippen LogP contribution >= 0.6 is 0 Å². The van der Waals surface area contributed by atoms with Crippen LogP contribution in [-0.2, 0) is 18.3 Å². The summed E-state index contributed by atoms with van der Waals surface area (Å²) >= 11 is 0. The topological polar surface area (TPSA) is 103 Å². The molecule has 0 N–H and O–H groups in total. The highest BCUT2D eigenvalue weighted by Crippen LogP contribution is 2.28. The molecule has 4 rings (SSSR count). The third kappa shape index (κ3) is 3.69. The van der Waals surface area contributed by atoms with Crippen molar-refractivity contribution in [3.63, 3.8) is 0 Å². The summed E-state index contributed by atoms with van der Waals surface area (Å²) in [4.78, 5) is 18.7. The van der Waals surface area contributed by atoms with Crippen LogP contribution in [0.4, 0.5) is 4.39 Å². The van der Waals surface area contributed by atoms with Gasteiger partial charge in [0.25, 0.3) is 0 Å². The molecule has 0 bridgehead atoms. The quantitative estimate of drug-likeness (QED) is 0.682. The van der Waals surface area contributed by atoms with Gasteiger partial charge in [0, 0.05) is 31.6 Å². The molecule has 3 aromatic rings. The maximum Gasteiger partial charge on any atom is 0.230 e. The summed E-state index contributed by atoms with van der Waals surface area (Å²) in [6.45, 7) is 1.23. The average molecular weight is 371 g/mol. The lowest BCUT2D eigenvalue weighted by Crippen LogP contribution is -2.39. The number of benzene rings is 1. The molecule has 0 radical (unpaired) electrons. The van der Waals surface area contributed by atoms with Crippen molar-refractivity contribution in [1.82, 2.24) is 35.2 Å². The summed E-state index contributed by atoms with van der Waals surface area (Å²) in [5.41, 5.74) is 0.705. The Hall–Kier alpha value is -3.17. The second-order valence-electron chi connectivity index (χ2n) is 6.51.